The van der Waals surface area contributed by atoms with E-state index in [1.165, 1.54) is 9.47 Å². The van der Waals surface area contributed by atoms with Gasteiger partial charge in [0.1, 0.15) is 17.1 Å². The number of aromatic carboxylic acids is 1. The molecule has 2 atom stereocenters. The third kappa shape index (κ3) is 5.77. The molecule has 1 saturated heterocycles. The van der Waals surface area contributed by atoms with Crippen molar-refractivity contribution in [1.82, 2.24) is 9.88 Å². The Bertz CT molecular complexity index is 1190. The summed E-state index contributed by atoms with van der Waals surface area (Å²) in [5.41, 5.74) is 9.58. The minimum Gasteiger partial charge on any atom is -0.477 e. The Morgan fingerprint density at radius 3 is 2.53 bits per heavy atom. The molecule has 0 bridgehead atoms. The topological polar surface area (TPSA) is 175 Å². The largest absolute Gasteiger partial charge is 0.477 e. The fraction of sp³-hybridized carbons (Fsp3) is 0.522. The molecule has 1 aromatic carbocycles. The molecule has 8 N–H and O–H groups in total. The summed E-state index contributed by atoms with van der Waals surface area (Å²) in [5, 5.41) is 11.9. The van der Waals surface area contributed by atoms with Crippen LogP contribution >= 0.6 is 12.4 Å². The Kier molecular flexibility index (Phi) is 9.78. The minimum atomic E-state index is -1.44. The van der Waals surface area contributed by atoms with Crippen molar-refractivity contribution < 1.29 is 29.0 Å². The number of nitrogens with zero attached hydrogens (tertiary/aromatic N) is 2. The van der Waals surface area contributed by atoms with Crippen molar-refractivity contribution in [3.63, 3.8) is 0 Å². The van der Waals surface area contributed by atoms with Gasteiger partial charge in [-0.25, -0.2) is 13.6 Å². The van der Waals surface area contributed by atoms with Crippen LogP contribution in [0.15, 0.2) is 17.1 Å². The van der Waals surface area contributed by atoms with Crippen LogP contribution in [0.3, 0.4) is 0 Å². The maximum Gasteiger partial charge on any atom is 0.341 e. The second kappa shape index (κ2) is 12.0. The molecule has 4 rings (SSSR count). The van der Waals surface area contributed by atoms with Gasteiger partial charge in [0, 0.05) is 31.4 Å². The number of carboxylic acids is 1. The molecule has 2 fully saturated rings. The van der Waals surface area contributed by atoms with Gasteiger partial charge in [-0.2, -0.15) is 0 Å². The molecule has 200 valence electrons. The maximum absolute atomic E-state index is 15.7. The van der Waals surface area contributed by atoms with E-state index in [1.807, 2.05) is 0 Å². The van der Waals surface area contributed by atoms with E-state index in [0.29, 0.717) is 38.8 Å². The monoisotopic (exact) mass is 531 g/mol. The average molecular weight is 532 g/mol. The van der Waals surface area contributed by atoms with E-state index in [-0.39, 0.29) is 59.0 Å². The number of hydrogen-bond donors (Lipinski definition) is 4. The number of carbonyl (C=O) groups is 2. The molecule has 1 amide bonds. The molecule has 2 heterocycles. The van der Waals surface area contributed by atoms with Gasteiger partial charge < -0.3 is 36.8 Å². The van der Waals surface area contributed by atoms with Gasteiger partial charge in [0.2, 0.25) is 11.3 Å². The third-order valence-corrected chi connectivity index (χ3v) is 6.51. The number of pyridine rings is 1. The normalized spacial score (nSPS) is 17.9. The highest BCUT2D eigenvalue weighted by Crippen LogP contribution is 2.40. The molecule has 1 aromatic heterocycles. The maximum atomic E-state index is 15.7. The fourth-order valence-corrected chi connectivity index (χ4v) is 4.54. The summed E-state index contributed by atoms with van der Waals surface area (Å²) < 4.78 is 32.3. The second-order valence-corrected chi connectivity index (χ2v) is 9.06. The van der Waals surface area contributed by atoms with Crippen molar-refractivity contribution in [3.8, 4) is 0 Å². The summed E-state index contributed by atoms with van der Waals surface area (Å²) in [6.45, 7) is 1.01. The highest BCUT2D eigenvalue weighted by atomic mass is 35.5. The zero-order valence-corrected chi connectivity index (χ0v) is 20.5. The Balaban J connectivity index is 0.00000228. The lowest BCUT2D eigenvalue weighted by molar-refractivity contribution is -0.123. The number of fused-ring (bicyclic) bond motifs is 1. The van der Waals surface area contributed by atoms with E-state index in [2.05, 4.69) is 5.32 Å². The molecule has 2 aromatic rings. The van der Waals surface area contributed by atoms with E-state index in [4.69, 9.17) is 11.5 Å². The molecule has 36 heavy (non-hydrogen) atoms. The van der Waals surface area contributed by atoms with Gasteiger partial charge in [0.25, 0.3) is 0 Å². The van der Waals surface area contributed by atoms with Crippen molar-refractivity contribution >= 4 is 40.9 Å². The number of nitrogens with two attached hydrogens (primary N) is 2. The van der Waals surface area contributed by atoms with Crippen molar-refractivity contribution in [2.45, 2.75) is 56.7 Å². The van der Waals surface area contributed by atoms with Gasteiger partial charge in [-0.1, -0.05) is 6.42 Å². The molecule has 10 nitrogen and oxygen atoms in total. The predicted molar refractivity (Wildman–Crippen MR) is 134 cm³/mol. The van der Waals surface area contributed by atoms with Crippen LogP contribution in [0.1, 0.15) is 54.9 Å². The molecule has 13 heteroatoms. The minimum absolute atomic E-state index is 0. The highest BCUT2D eigenvalue weighted by Gasteiger charge is 2.33. The first kappa shape index (κ1) is 29.4. The molecule has 0 spiro atoms. The van der Waals surface area contributed by atoms with Gasteiger partial charge >= 0.3 is 5.97 Å². The van der Waals surface area contributed by atoms with Gasteiger partial charge in [0.05, 0.1) is 16.9 Å². The molecule has 2 aliphatic rings. The zero-order chi connectivity index (χ0) is 24.6. The van der Waals surface area contributed by atoms with Crippen molar-refractivity contribution in [1.29, 1.82) is 0 Å². The summed E-state index contributed by atoms with van der Waals surface area (Å²) in [6, 6.07) is -0.227. The van der Waals surface area contributed by atoms with E-state index in [9.17, 15) is 19.5 Å². The lowest BCUT2D eigenvalue weighted by Gasteiger charge is -2.23. The smallest absolute Gasteiger partial charge is 0.341 e. The van der Waals surface area contributed by atoms with Crippen molar-refractivity contribution in [2.75, 3.05) is 24.5 Å². The van der Waals surface area contributed by atoms with E-state index < -0.39 is 34.6 Å². The first-order valence-electron chi connectivity index (χ1n) is 11.5. The Morgan fingerprint density at radius 2 is 1.92 bits per heavy atom. The number of carboxylic acid groups (broad SMARTS) is 1. The Labute approximate surface area is 212 Å². The Morgan fingerprint density at radius 1 is 1.22 bits per heavy atom. The fourth-order valence-electron chi connectivity index (χ4n) is 4.54. The second-order valence-electron chi connectivity index (χ2n) is 9.06. The molecule has 1 aliphatic carbocycles. The van der Waals surface area contributed by atoms with Crippen LogP contribution in [0.2, 0.25) is 0 Å². The molecule has 1 aliphatic heterocycles. The summed E-state index contributed by atoms with van der Waals surface area (Å²) in [7, 11) is 0. The van der Waals surface area contributed by atoms with Crippen LogP contribution in [-0.4, -0.2) is 58.7 Å². The molecular weight excluding hydrogens is 500 g/mol. The van der Waals surface area contributed by atoms with E-state index >= 15 is 8.78 Å². The van der Waals surface area contributed by atoms with E-state index in [1.54, 1.807) is 0 Å². The van der Waals surface area contributed by atoms with Crippen LogP contribution in [0.5, 0.6) is 0 Å². The molecule has 0 radical (unpaired) electrons. The van der Waals surface area contributed by atoms with Crippen molar-refractivity contribution in [2.24, 2.45) is 11.5 Å². The molecule has 1 unspecified atom stereocenters. The number of anilines is 1. The zero-order valence-electron chi connectivity index (χ0n) is 19.6. The molecule has 1 saturated carbocycles. The first-order valence-corrected chi connectivity index (χ1v) is 11.5. The number of hydrogen-bond acceptors (Lipinski definition) is 6. The number of rotatable bonds is 9. The number of nitrogens with one attached hydrogen (secondary N) is 1. The lowest BCUT2D eigenvalue weighted by Crippen LogP contribution is -2.46. The lowest BCUT2D eigenvalue weighted by atomic mass is 10.1. The van der Waals surface area contributed by atoms with Gasteiger partial charge in [0.15, 0.2) is 5.82 Å². The quantitative estimate of drug-likeness (QED) is 0.350. The van der Waals surface area contributed by atoms with Crippen LogP contribution in [0.25, 0.3) is 10.9 Å². The van der Waals surface area contributed by atoms with Crippen LogP contribution in [-0.2, 0) is 4.79 Å². The van der Waals surface area contributed by atoms with E-state index in [0.717, 1.165) is 25.1 Å². The SMILES string of the molecule is Cl.NCCCC[C@H](N)C(=O)NC1CCN(c2c(F)cc3c(=O)c(C(=O)O)cn(C4CC4)c3c2F)C1.O. The van der Waals surface area contributed by atoms with Crippen LogP contribution < -0.4 is 27.1 Å². The number of benzene rings is 1. The van der Waals surface area contributed by atoms with Crippen LogP contribution in [0, 0.1) is 11.6 Å². The number of carbonyl (C=O) groups excluding carboxylic acids is 1. The number of aromatic nitrogens is 1. The predicted octanol–water partition coefficient (Wildman–Crippen LogP) is 1.06. The van der Waals surface area contributed by atoms with Gasteiger partial charge in [-0.3, -0.25) is 9.59 Å². The van der Waals surface area contributed by atoms with Gasteiger partial charge in [-0.15, -0.1) is 12.4 Å². The highest BCUT2D eigenvalue weighted by molar-refractivity contribution is 5.94. The summed E-state index contributed by atoms with van der Waals surface area (Å²) in [4.78, 5) is 38.0. The first-order chi connectivity index (χ1) is 16.2. The molecular formula is C23H32ClF2N5O5. The number of halogens is 3. The Hall–Kier alpha value is -2.80. The van der Waals surface area contributed by atoms with Crippen molar-refractivity contribution in [3.05, 3.63) is 39.7 Å². The summed E-state index contributed by atoms with van der Waals surface area (Å²) in [6.07, 6.45) is 5.07. The third-order valence-electron chi connectivity index (χ3n) is 6.51. The average Bonchev–Trinajstić information content (AvgIpc) is 3.53. The van der Waals surface area contributed by atoms with Crippen LogP contribution in [0.4, 0.5) is 14.5 Å². The number of unbranched alkanes of at least 4 members (excludes halogenated alkanes) is 1. The summed E-state index contributed by atoms with van der Waals surface area (Å²) in [5.74, 6) is -3.60. The van der Waals surface area contributed by atoms with Gasteiger partial charge in [-0.05, 0) is 44.7 Å². The standard InChI is InChI=1S/C23H29F2N5O4.ClH.H2O/c24-16-9-14-19(30(13-4-5-13)11-15(21(14)31)23(33)34)18(25)20(16)29-8-6-12(10-29)28-22(32)17(27)3-1-2-7-26;;/h9,11-13,17H,1-8,10,26-27H2,(H,28,32)(H,33,34);1H;1H2/t12?,17-;;/m0../s1. The summed E-state index contributed by atoms with van der Waals surface area (Å²) >= 11 is 0. The number of amides is 1.